The normalized spacial score (nSPS) is 10.9. The van der Waals surface area contributed by atoms with Gasteiger partial charge in [-0.2, -0.15) is 0 Å². The Morgan fingerprint density at radius 3 is 2.65 bits per heavy atom. The molecule has 0 aliphatic rings. The van der Waals surface area contributed by atoms with Crippen molar-refractivity contribution in [2.75, 3.05) is 27.2 Å². The van der Waals surface area contributed by atoms with Crippen molar-refractivity contribution in [3.05, 3.63) is 42.1 Å². The highest BCUT2D eigenvalue weighted by Gasteiger charge is 2.06. The van der Waals surface area contributed by atoms with Crippen molar-refractivity contribution >= 4 is 0 Å². The van der Waals surface area contributed by atoms with Crippen LogP contribution >= 0.6 is 0 Å². The van der Waals surface area contributed by atoms with Crippen LogP contribution in [0.15, 0.2) is 34.7 Å². The molecular formula is C14H20N4O2. The van der Waals surface area contributed by atoms with Crippen LogP contribution in [0.3, 0.4) is 0 Å². The number of hydrogen-bond donors (Lipinski definition) is 1. The summed E-state index contributed by atoms with van der Waals surface area (Å²) in [6.07, 6.45) is 0. The highest BCUT2D eigenvalue weighted by atomic mass is 16.5. The third kappa shape index (κ3) is 4.99. The van der Waals surface area contributed by atoms with Gasteiger partial charge in [-0.15, -0.1) is 10.2 Å². The molecule has 0 fully saturated rings. The first kappa shape index (κ1) is 14.5. The monoisotopic (exact) mass is 276 g/mol. The lowest BCUT2D eigenvalue weighted by Crippen LogP contribution is -2.26. The lowest BCUT2D eigenvalue weighted by Gasteiger charge is -2.08. The maximum atomic E-state index is 5.54. The Morgan fingerprint density at radius 1 is 1.15 bits per heavy atom. The van der Waals surface area contributed by atoms with Crippen molar-refractivity contribution in [2.24, 2.45) is 0 Å². The zero-order chi connectivity index (χ0) is 14.2. The maximum absolute atomic E-state index is 5.54. The van der Waals surface area contributed by atoms with Crippen LogP contribution in [0.1, 0.15) is 11.8 Å². The van der Waals surface area contributed by atoms with Gasteiger partial charge in [0.1, 0.15) is 5.75 Å². The number of aromatic nitrogens is 2. The van der Waals surface area contributed by atoms with E-state index in [-0.39, 0.29) is 6.61 Å². The summed E-state index contributed by atoms with van der Waals surface area (Å²) in [5.74, 6) is 1.85. The first-order chi connectivity index (χ1) is 9.74. The fourth-order valence-corrected chi connectivity index (χ4v) is 1.58. The molecule has 2 rings (SSSR count). The van der Waals surface area contributed by atoms with Gasteiger partial charge in [-0.1, -0.05) is 18.2 Å². The Bertz CT molecular complexity index is 499. The van der Waals surface area contributed by atoms with Crippen LogP contribution in [0.25, 0.3) is 0 Å². The molecule has 1 aromatic carbocycles. The highest BCUT2D eigenvalue weighted by molar-refractivity contribution is 5.20. The summed E-state index contributed by atoms with van der Waals surface area (Å²) in [6.45, 7) is 2.71. The maximum Gasteiger partial charge on any atom is 0.253 e. The molecule has 0 atom stereocenters. The smallest absolute Gasteiger partial charge is 0.253 e. The van der Waals surface area contributed by atoms with Crippen LogP contribution in [0, 0.1) is 0 Å². The van der Waals surface area contributed by atoms with Crippen LogP contribution in [0.5, 0.6) is 5.75 Å². The fourth-order valence-electron chi connectivity index (χ4n) is 1.58. The van der Waals surface area contributed by atoms with Crippen LogP contribution in [-0.4, -0.2) is 42.3 Å². The van der Waals surface area contributed by atoms with Gasteiger partial charge in [0.25, 0.3) is 5.89 Å². The fraction of sp³-hybridized carbons (Fsp3) is 0.429. The summed E-state index contributed by atoms with van der Waals surface area (Å²) >= 11 is 0. The largest absolute Gasteiger partial charge is 0.484 e. The number of para-hydroxylation sites is 1. The highest BCUT2D eigenvalue weighted by Crippen LogP contribution is 2.10. The number of likely N-dealkylation sites (N-methyl/N-ethyl adjacent to an activating group) is 1. The van der Waals surface area contributed by atoms with Crippen molar-refractivity contribution in [2.45, 2.75) is 13.2 Å². The number of hydrogen-bond acceptors (Lipinski definition) is 6. The van der Waals surface area contributed by atoms with E-state index in [1.54, 1.807) is 0 Å². The molecule has 0 saturated carbocycles. The lowest BCUT2D eigenvalue weighted by atomic mass is 10.3. The van der Waals surface area contributed by atoms with E-state index in [1.807, 2.05) is 44.4 Å². The van der Waals surface area contributed by atoms with Crippen LogP contribution in [0.2, 0.25) is 0 Å². The Balaban J connectivity index is 1.72. The molecule has 0 radical (unpaired) electrons. The van der Waals surface area contributed by atoms with Crippen molar-refractivity contribution in [3.8, 4) is 5.75 Å². The topological polar surface area (TPSA) is 63.4 Å². The van der Waals surface area contributed by atoms with E-state index in [0.29, 0.717) is 18.3 Å². The third-order valence-corrected chi connectivity index (χ3v) is 2.63. The summed E-state index contributed by atoms with van der Waals surface area (Å²) in [6, 6.07) is 9.56. The van der Waals surface area contributed by atoms with E-state index in [9.17, 15) is 0 Å². The zero-order valence-electron chi connectivity index (χ0n) is 11.9. The second kappa shape index (κ2) is 7.62. The van der Waals surface area contributed by atoms with Gasteiger partial charge in [0, 0.05) is 13.1 Å². The molecule has 0 aliphatic carbocycles. The predicted octanol–water partition coefficient (Wildman–Crippen LogP) is 1.30. The van der Waals surface area contributed by atoms with Crippen LogP contribution in [0.4, 0.5) is 0 Å². The molecule has 20 heavy (non-hydrogen) atoms. The predicted molar refractivity (Wildman–Crippen MR) is 75.3 cm³/mol. The van der Waals surface area contributed by atoms with E-state index < -0.39 is 0 Å². The van der Waals surface area contributed by atoms with E-state index in [2.05, 4.69) is 20.4 Å². The van der Waals surface area contributed by atoms with Crippen LogP contribution < -0.4 is 10.1 Å². The number of nitrogens with zero attached hydrogens (tertiary/aromatic N) is 3. The number of rotatable bonds is 8. The Kier molecular flexibility index (Phi) is 5.52. The molecular weight excluding hydrogens is 256 g/mol. The Labute approximate surface area is 118 Å². The lowest BCUT2D eigenvalue weighted by molar-refractivity contribution is 0.257. The summed E-state index contributed by atoms with van der Waals surface area (Å²) in [5, 5.41) is 11.2. The van der Waals surface area contributed by atoms with Crippen molar-refractivity contribution in [1.82, 2.24) is 20.4 Å². The molecule has 6 nitrogen and oxygen atoms in total. The van der Waals surface area contributed by atoms with Crippen LogP contribution in [-0.2, 0) is 13.2 Å². The summed E-state index contributed by atoms with van der Waals surface area (Å²) in [5.41, 5.74) is 0. The average molecular weight is 276 g/mol. The minimum atomic E-state index is 0.286. The van der Waals surface area contributed by atoms with Gasteiger partial charge in [-0.25, -0.2) is 0 Å². The molecule has 2 aromatic rings. The number of nitrogens with one attached hydrogen (secondary N) is 1. The Morgan fingerprint density at radius 2 is 1.90 bits per heavy atom. The standard InChI is InChI=1S/C14H20N4O2/c1-18(2)9-8-15-10-13-16-17-14(20-13)11-19-12-6-4-3-5-7-12/h3-7,15H,8-11H2,1-2H3. The van der Waals surface area contributed by atoms with Crippen molar-refractivity contribution < 1.29 is 9.15 Å². The summed E-state index contributed by atoms with van der Waals surface area (Å²) in [4.78, 5) is 2.11. The molecule has 108 valence electrons. The summed E-state index contributed by atoms with van der Waals surface area (Å²) in [7, 11) is 4.07. The van der Waals surface area contributed by atoms with E-state index in [1.165, 1.54) is 0 Å². The first-order valence-corrected chi connectivity index (χ1v) is 6.58. The van der Waals surface area contributed by atoms with Crippen molar-refractivity contribution in [3.63, 3.8) is 0 Å². The average Bonchev–Trinajstić information content (AvgIpc) is 2.90. The SMILES string of the molecule is CN(C)CCNCc1nnc(COc2ccccc2)o1. The van der Waals surface area contributed by atoms with Gasteiger partial charge >= 0.3 is 0 Å². The zero-order valence-corrected chi connectivity index (χ0v) is 11.9. The molecule has 1 aromatic heterocycles. The number of ether oxygens (including phenoxy) is 1. The van der Waals surface area contributed by atoms with E-state index in [0.717, 1.165) is 18.8 Å². The van der Waals surface area contributed by atoms with Crippen molar-refractivity contribution in [1.29, 1.82) is 0 Å². The number of benzene rings is 1. The molecule has 0 spiro atoms. The second-order valence-electron chi connectivity index (χ2n) is 4.67. The van der Waals surface area contributed by atoms with Gasteiger partial charge in [0.2, 0.25) is 5.89 Å². The van der Waals surface area contributed by atoms with Gasteiger partial charge in [-0.05, 0) is 26.2 Å². The van der Waals surface area contributed by atoms with Gasteiger partial charge in [0.15, 0.2) is 6.61 Å². The molecule has 1 N–H and O–H groups in total. The molecule has 0 amide bonds. The molecule has 6 heteroatoms. The molecule has 0 saturated heterocycles. The third-order valence-electron chi connectivity index (χ3n) is 2.63. The summed E-state index contributed by atoms with van der Waals surface area (Å²) < 4.78 is 11.0. The molecule has 0 aliphatic heterocycles. The van der Waals surface area contributed by atoms with E-state index in [4.69, 9.17) is 9.15 Å². The van der Waals surface area contributed by atoms with E-state index >= 15 is 0 Å². The van der Waals surface area contributed by atoms with Gasteiger partial charge in [-0.3, -0.25) is 0 Å². The van der Waals surface area contributed by atoms with Gasteiger partial charge in [0.05, 0.1) is 6.54 Å². The minimum absolute atomic E-state index is 0.286. The second-order valence-corrected chi connectivity index (χ2v) is 4.67. The first-order valence-electron chi connectivity index (χ1n) is 6.58. The molecule has 1 heterocycles. The Hall–Kier alpha value is -1.92. The van der Waals surface area contributed by atoms with Gasteiger partial charge < -0.3 is 19.4 Å². The quantitative estimate of drug-likeness (QED) is 0.733. The molecule has 0 bridgehead atoms. The minimum Gasteiger partial charge on any atom is -0.484 e. The molecule has 0 unspecified atom stereocenters.